The summed E-state index contributed by atoms with van der Waals surface area (Å²) in [6.45, 7) is 4.83. The molecule has 1 saturated heterocycles. The highest BCUT2D eigenvalue weighted by Crippen LogP contribution is 2.33. The Labute approximate surface area is 130 Å². The van der Waals surface area contributed by atoms with E-state index < -0.39 is 5.97 Å². The van der Waals surface area contributed by atoms with Crippen LogP contribution in [0.5, 0.6) is 0 Å². The molecule has 4 nitrogen and oxygen atoms in total. The van der Waals surface area contributed by atoms with Crippen LogP contribution in [0.25, 0.3) is 0 Å². The predicted octanol–water partition coefficient (Wildman–Crippen LogP) is 3.58. The van der Waals surface area contributed by atoms with Crippen LogP contribution in [0.3, 0.4) is 0 Å². The third kappa shape index (κ3) is 4.11. The summed E-state index contributed by atoms with van der Waals surface area (Å²) < 4.78 is 5.86. The molecule has 2 rings (SSSR count). The van der Waals surface area contributed by atoms with Crippen LogP contribution in [0.1, 0.15) is 33.1 Å². The molecule has 0 saturated carbocycles. The number of carboxylic acid groups (broad SMARTS) is 1. The second-order valence-electron chi connectivity index (χ2n) is 5.80. The van der Waals surface area contributed by atoms with E-state index in [1.165, 1.54) is 0 Å². The average Bonchev–Trinajstić information content (AvgIpc) is 2.44. The van der Waals surface area contributed by atoms with Crippen molar-refractivity contribution in [2.45, 2.75) is 44.8 Å². The van der Waals surface area contributed by atoms with E-state index in [0.29, 0.717) is 11.6 Å². The minimum atomic E-state index is -0.834. The molecular weight excluding hydrogens is 290 g/mol. The zero-order chi connectivity index (χ0) is 15.5. The zero-order valence-corrected chi connectivity index (χ0v) is 13.3. The summed E-state index contributed by atoms with van der Waals surface area (Å²) in [4.78, 5) is 13.2. The van der Waals surface area contributed by atoms with E-state index in [1.54, 1.807) is 6.07 Å². The van der Waals surface area contributed by atoms with Gasteiger partial charge in [0.2, 0.25) is 0 Å². The number of anilines is 1. The fourth-order valence-electron chi connectivity index (χ4n) is 2.84. The zero-order valence-electron chi connectivity index (χ0n) is 12.5. The lowest BCUT2D eigenvalue weighted by atomic mass is 9.88. The predicted molar refractivity (Wildman–Crippen MR) is 84.1 cm³/mol. The topological polar surface area (TPSA) is 49.8 Å². The molecule has 1 aromatic carbocycles. The number of benzene rings is 1. The van der Waals surface area contributed by atoms with Gasteiger partial charge in [-0.1, -0.05) is 24.6 Å². The Morgan fingerprint density at radius 2 is 2.33 bits per heavy atom. The minimum Gasteiger partial charge on any atom is -0.480 e. The Kier molecular flexibility index (Phi) is 5.12. The molecule has 1 N–H and O–H groups in total. The molecule has 1 heterocycles. The molecule has 1 aromatic rings. The lowest BCUT2D eigenvalue weighted by molar-refractivity contribution is -0.135. The van der Waals surface area contributed by atoms with Crippen molar-refractivity contribution in [1.82, 2.24) is 0 Å². The molecule has 2 unspecified atom stereocenters. The number of aliphatic carboxylic acids is 1. The molecule has 0 aliphatic carbocycles. The van der Waals surface area contributed by atoms with Crippen molar-refractivity contribution in [1.29, 1.82) is 0 Å². The van der Waals surface area contributed by atoms with Gasteiger partial charge >= 0.3 is 5.97 Å². The Hall–Kier alpha value is -1.26. The molecule has 0 aromatic heterocycles. The number of nitrogens with zero attached hydrogens (tertiary/aromatic N) is 1. The summed E-state index contributed by atoms with van der Waals surface area (Å²) in [5.41, 5.74) is 0.674. The molecule has 1 aliphatic rings. The molecule has 116 valence electrons. The van der Waals surface area contributed by atoms with Gasteiger partial charge in [-0.3, -0.25) is 4.79 Å². The van der Waals surface area contributed by atoms with Crippen LogP contribution in [-0.4, -0.2) is 35.9 Å². The summed E-state index contributed by atoms with van der Waals surface area (Å²) in [7, 11) is 0. The molecule has 0 spiro atoms. The average molecular weight is 312 g/mol. The molecular formula is C16H22ClNO3. The highest BCUT2D eigenvalue weighted by atomic mass is 35.5. The molecule has 1 fully saturated rings. The van der Waals surface area contributed by atoms with Gasteiger partial charge < -0.3 is 14.7 Å². The van der Waals surface area contributed by atoms with Gasteiger partial charge in [-0.2, -0.15) is 0 Å². The van der Waals surface area contributed by atoms with Crippen LogP contribution in [0.2, 0.25) is 5.02 Å². The number of ether oxygens (including phenoxy) is 1. The Bertz CT molecular complexity index is 508. The second kappa shape index (κ2) is 6.67. The summed E-state index contributed by atoms with van der Waals surface area (Å²) in [5, 5.41) is 9.85. The number of rotatable bonds is 5. The third-order valence-electron chi connectivity index (χ3n) is 4.20. The van der Waals surface area contributed by atoms with Crippen LogP contribution in [0, 0.1) is 0 Å². The van der Waals surface area contributed by atoms with Crippen LogP contribution >= 0.6 is 11.6 Å². The highest BCUT2D eigenvalue weighted by Gasteiger charge is 2.35. The van der Waals surface area contributed by atoms with Gasteiger partial charge in [0, 0.05) is 23.4 Å². The standard InChI is InChI=1S/C16H22ClNO3/c1-3-16(2)10-14(7-8-21-16)18(11-15(19)20)13-6-4-5-12(17)9-13/h4-6,9,14H,3,7-8,10-11H2,1-2H3,(H,19,20). The largest absolute Gasteiger partial charge is 0.480 e. The monoisotopic (exact) mass is 311 g/mol. The van der Waals surface area contributed by atoms with Gasteiger partial charge in [0.05, 0.1) is 5.60 Å². The van der Waals surface area contributed by atoms with Crippen molar-refractivity contribution in [3.05, 3.63) is 29.3 Å². The van der Waals surface area contributed by atoms with E-state index in [4.69, 9.17) is 16.3 Å². The summed E-state index contributed by atoms with van der Waals surface area (Å²) >= 11 is 6.05. The Morgan fingerprint density at radius 1 is 1.57 bits per heavy atom. The first-order chi connectivity index (χ1) is 9.93. The second-order valence-corrected chi connectivity index (χ2v) is 6.24. The highest BCUT2D eigenvalue weighted by molar-refractivity contribution is 6.30. The van der Waals surface area contributed by atoms with Gasteiger partial charge in [0.25, 0.3) is 0 Å². The first-order valence-electron chi connectivity index (χ1n) is 7.31. The van der Waals surface area contributed by atoms with E-state index in [0.717, 1.165) is 24.9 Å². The maximum absolute atomic E-state index is 11.2. The van der Waals surface area contributed by atoms with Gasteiger partial charge in [-0.15, -0.1) is 0 Å². The SMILES string of the molecule is CCC1(C)CC(N(CC(=O)O)c2cccc(Cl)c2)CCO1. The van der Waals surface area contributed by atoms with E-state index in [1.807, 2.05) is 23.1 Å². The fourth-order valence-corrected chi connectivity index (χ4v) is 3.03. The third-order valence-corrected chi connectivity index (χ3v) is 4.44. The van der Waals surface area contributed by atoms with E-state index >= 15 is 0 Å². The molecule has 0 radical (unpaired) electrons. The van der Waals surface area contributed by atoms with E-state index in [9.17, 15) is 9.90 Å². The normalized spacial score (nSPS) is 25.6. The van der Waals surface area contributed by atoms with Crippen LogP contribution in [0.15, 0.2) is 24.3 Å². The molecule has 0 bridgehead atoms. The first kappa shape index (κ1) is 16.1. The van der Waals surface area contributed by atoms with Crippen LogP contribution in [0.4, 0.5) is 5.69 Å². The summed E-state index contributed by atoms with van der Waals surface area (Å²) in [5.74, 6) is -0.834. The number of halogens is 1. The quantitative estimate of drug-likeness (QED) is 0.903. The van der Waals surface area contributed by atoms with Crippen molar-refractivity contribution in [2.75, 3.05) is 18.1 Å². The molecule has 5 heteroatoms. The minimum absolute atomic E-state index is 0.0230. The molecule has 0 amide bonds. The lowest BCUT2D eigenvalue weighted by Gasteiger charge is -2.43. The number of carboxylic acids is 1. The fraction of sp³-hybridized carbons (Fsp3) is 0.562. The van der Waals surface area contributed by atoms with Crippen LogP contribution in [-0.2, 0) is 9.53 Å². The first-order valence-corrected chi connectivity index (χ1v) is 7.69. The van der Waals surface area contributed by atoms with Gasteiger partial charge in [-0.25, -0.2) is 0 Å². The number of carbonyl (C=O) groups is 1. The van der Waals surface area contributed by atoms with Crippen molar-refractivity contribution >= 4 is 23.3 Å². The van der Waals surface area contributed by atoms with Crippen molar-refractivity contribution < 1.29 is 14.6 Å². The summed E-state index contributed by atoms with van der Waals surface area (Å²) in [6, 6.07) is 7.53. The molecule has 21 heavy (non-hydrogen) atoms. The smallest absolute Gasteiger partial charge is 0.323 e. The van der Waals surface area contributed by atoms with Gasteiger partial charge in [0.1, 0.15) is 6.54 Å². The van der Waals surface area contributed by atoms with E-state index in [2.05, 4.69) is 13.8 Å². The number of hydrogen-bond acceptors (Lipinski definition) is 3. The van der Waals surface area contributed by atoms with Crippen LogP contribution < -0.4 is 4.90 Å². The van der Waals surface area contributed by atoms with Gasteiger partial charge in [0.15, 0.2) is 0 Å². The molecule has 1 aliphatic heterocycles. The number of hydrogen-bond donors (Lipinski definition) is 1. The Balaban J connectivity index is 2.25. The molecule has 2 atom stereocenters. The Morgan fingerprint density at radius 3 is 2.95 bits per heavy atom. The van der Waals surface area contributed by atoms with Gasteiger partial charge in [-0.05, 0) is 44.4 Å². The maximum Gasteiger partial charge on any atom is 0.323 e. The summed E-state index contributed by atoms with van der Waals surface area (Å²) in [6.07, 6.45) is 2.57. The lowest BCUT2D eigenvalue weighted by Crippen LogP contribution is -2.48. The van der Waals surface area contributed by atoms with E-state index in [-0.39, 0.29) is 18.2 Å². The maximum atomic E-state index is 11.2. The van der Waals surface area contributed by atoms with Crippen molar-refractivity contribution in [3.63, 3.8) is 0 Å². The van der Waals surface area contributed by atoms with Crippen molar-refractivity contribution in [2.24, 2.45) is 0 Å². The van der Waals surface area contributed by atoms with Crippen molar-refractivity contribution in [3.8, 4) is 0 Å².